The smallest absolute Gasteiger partial charge is 0.0234 e. The van der Waals surface area contributed by atoms with Crippen LogP contribution >= 0.6 is 0 Å². The molecule has 0 bridgehead atoms. The van der Waals surface area contributed by atoms with Crippen molar-refractivity contribution >= 4 is 0 Å². The van der Waals surface area contributed by atoms with Gasteiger partial charge in [-0.2, -0.15) is 0 Å². The molecular weight excluding hydrogens is 132 g/mol. The van der Waals surface area contributed by atoms with Crippen molar-refractivity contribution < 1.29 is 0 Å². The molecule has 0 amide bonds. The van der Waals surface area contributed by atoms with E-state index in [-0.39, 0.29) is 0 Å². The number of hydrogen-bond acceptors (Lipinski definition) is 0. The van der Waals surface area contributed by atoms with Crippen LogP contribution in [0.4, 0.5) is 0 Å². The predicted octanol–water partition coefficient (Wildman–Crippen LogP) is 3.80. The number of rotatable bonds is 6. The molecule has 0 fully saturated rings. The second kappa shape index (κ2) is 7.84. The molecule has 0 aliphatic heterocycles. The molecule has 0 rings (SSSR count). The summed E-state index contributed by atoms with van der Waals surface area (Å²) in [6.07, 6.45) is 10.2. The Morgan fingerprint density at radius 1 is 1.27 bits per heavy atom. The van der Waals surface area contributed by atoms with Gasteiger partial charge in [-0.05, 0) is 32.1 Å². The Labute approximate surface area is 71.7 Å². The average Bonchev–Trinajstić information content (AvgIpc) is 2.01. The number of hydrogen-bond donors (Lipinski definition) is 0. The van der Waals surface area contributed by atoms with E-state index in [1.54, 1.807) is 0 Å². The minimum absolute atomic E-state index is 0.749. The van der Waals surface area contributed by atoms with Gasteiger partial charge < -0.3 is 0 Å². The summed E-state index contributed by atoms with van der Waals surface area (Å²) in [5.41, 5.74) is 0. The third kappa shape index (κ3) is 6.15. The third-order valence-corrected chi connectivity index (χ3v) is 1.81. The fraction of sp³-hybridized carbons (Fsp3) is 0.636. The molecule has 1 unspecified atom stereocenters. The normalized spacial score (nSPS) is 11.6. The quantitative estimate of drug-likeness (QED) is 0.508. The van der Waals surface area contributed by atoms with E-state index < -0.39 is 0 Å². The Balaban J connectivity index is 3.58. The van der Waals surface area contributed by atoms with Crippen molar-refractivity contribution in [2.24, 2.45) is 5.92 Å². The van der Waals surface area contributed by atoms with E-state index in [9.17, 15) is 0 Å². The van der Waals surface area contributed by atoms with Crippen molar-refractivity contribution in [1.29, 1.82) is 0 Å². The van der Waals surface area contributed by atoms with E-state index in [0.717, 1.165) is 18.8 Å². The summed E-state index contributed by atoms with van der Waals surface area (Å²) in [5.74, 6) is 0.749. The van der Waals surface area contributed by atoms with Gasteiger partial charge in [0, 0.05) is 0 Å². The van der Waals surface area contributed by atoms with Gasteiger partial charge in [0.05, 0.1) is 0 Å². The zero-order valence-corrected chi connectivity index (χ0v) is 7.68. The van der Waals surface area contributed by atoms with Crippen LogP contribution in [0.5, 0.6) is 0 Å². The van der Waals surface area contributed by atoms with Crippen LogP contribution in [-0.2, 0) is 0 Å². The van der Waals surface area contributed by atoms with E-state index in [1.165, 1.54) is 19.3 Å². The van der Waals surface area contributed by atoms with Gasteiger partial charge >= 0.3 is 0 Å². The fourth-order valence-electron chi connectivity index (χ4n) is 1.26. The molecule has 0 aliphatic rings. The summed E-state index contributed by atoms with van der Waals surface area (Å²) in [5, 5.41) is 0. The second-order valence-corrected chi connectivity index (χ2v) is 2.91. The van der Waals surface area contributed by atoms with Crippen LogP contribution in [0.1, 0.15) is 39.0 Å². The summed E-state index contributed by atoms with van der Waals surface area (Å²) in [7, 11) is 0. The second-order valence-electron chi connectivity index (χ2n) is 2.91. The Morgan fingerprint density at radius 2 is 2.00 bits per heavy atom. The molecule has 2 radical (unpaired) electrons. The molecule has 0 heterocycles. The topological polar surface area (TPSA) is 0 Å². The van der Waals surface area contributed by atoms with E-state index in [0.29, 0.717) is 0 Å². The summed E-state index contributed by atoms with van der Waals surface area (Å²) >= 11 is 0. The fourth-order valence-corrected chi connectivity index (χ4v) is 1.26. The lowest BCUT2D eigenvalue weighted by atomic mass is 9.98. The lowest BCUT2D eigenvalue weighted by Gasteiger charge is -2.08. The van der Waals surface area contributed by atoms with Gasteiger partial charge in [-0.3, -0.25) is 0 Å². The Bertz CT molecular complexity index is 86.2. The van der Waals surface area contributed by atoms with Crippen molar-refractivity contribution in [2.75, 3.05) is 0 Å². The maximum Gasteiger partial charge on any atom is -0.0234 e. The zero-order chi connectivity index (χ0) is 8.53. The molecule has 0 N–H and O–H groups in total. The predicted molar refractivity (Wildman–Crippen MR) is 52.1 cm³/mol. The maximum atomic E-state index is 3.87. The van der Waals surface area contributed by atoms with Crippen molar-refractivity contribution in [2.45, 2.75) is 39.0 Å². The summed E-state index contributed by atoms with van der Waals surface area (Å²) in [6.45, 7) is 9.87. The van der Waals surface area contributed by atoms with E-state index in [2.05, 4.69) is 32.9 Å². The van der Waals surface area contributed by atoms with Crippen LogP contribution in [0, 0.1) is 19.8 Å². The number of allylic oxidation sites excluding steroid dienone is 2. The van der Waals surface area contributed by atoms with Crippen molar-refractivity contribution in [1.82, 2.24) is 0 Å². The molecule has 0 saturated heterocycles. The van der Waals surface area contributed by atoms with Gasteiger partial charge in [0.15, 0.2) is 0 Å². The molecule has 0 spiro atoms. The summed E-state index contributed by atoms with van der Waals surface area (Å²) in [4.78, 5) is 0. The van der Waals surface area contributed by atoms with Crippen LogP contribution in [-0.4, -0.2) is 0 Å². The molecule has 0 aromatic rings. The minimum atomic E-state index is 0.749. The van der Waals surface area contributed by atoms with Crippen LogP contribution in [0.15, 0.2) is 12.2 Å². The maximum absolute atomic E-state index is 3.87. The standard InChI is InChI=1S/C11H20/c1-4-7-10-11(8-5-2)9-6-3/h7,10-11H,1-2,4-6,8-9H2,3H3/b10-7+. The Kier molecular flexibility index (Phi) is 7.66. The van der Waals surface area contributed by atoms with Crippen LogP contribution < -0.4 is 0 Å². The first kappa shape index (κ1) is 10.7. The molecule has 1 atom stereocenters. The lowest BCUT2D eigenvalue weighted by Crippen LogP contribution is -1.94. The molecule has 0 aliphatic carbocycles. The van der Waals surface area contributed by atoms with Crippen LogP contribution in [0.3, 0.4) is 0 Å². The van der Waals surface area contributed by atoms with Gasteiger partial charge in [-0.1, -0.05) is 38.8 Å². The van der Waals surface area contributed by atoms with Crippen molar-refractivity contribution in [3.63, 3.8) is 0 Å². The van der Waals surface area contributed by atoms with E-state index >= 15 is 0 Å². The van der Waals surface area contributed by atoms with Gasteiger partial charge in [0.2, 0.25) is 0 Å². The zero-order valence-electron chi connectivity index (χ0n) is 7.68. The highest BCUT2D eigenvalue weighted by Crippen LogP contribution is 2.14. The van der Waals surface area contributed by atoms with Crippen LogP contribution in [0.2, 0.25) is 0 Å². The molecule has 0 nitrogen and oxygen atoms in total. The first-order valence-electron chi connectivity index (χ1n) is 4.60. The Hall–Kier alpha value is -0.260. The van der Waals surface area contributed by atoms with E-state index in [4.69, 9.17) is 0 Å². The largest absolute Gasteiger partial charge is 0.0883 e. The SMILES string of the molecule is [CH2]C/C=C/C(CC[CH2])CCC. The highest BCUT2D eigenvalue weighted by Gasteiger charge is 2.00. The molecular formula is C11H20. The lowest BCUT2D eigenvalue weighted by molar-refractivity contribution is 0.540. The Morgan fingerprint density at radius 3 is 2.45 bits per heavy atom. The highest BCUT2D eigenvalue weighted by atomic mass is 14.1. The highest BCUT2D eigenvalue weighted by molar-refractivity contribution is 4.88. The summed E-state index contributed by atoms with van der Waals surface area (Å²) in [6, 6.07) is 0. The molecule has 11 heavy (non-hydrogen) atoms. The average molecular weight is 152 g/mol. The first-order chi connectivity index (χ1) is 5.35. The molecule has 0 aromatic heterocycles. The molecule has 0 aromatic carbocycles. The first-order valence-corrected chi connectivity index (χ1v) is 4.60. The van der Waals surface area contributed by atoms with Gasteiger partial charge in [-0.25, -0.2) is 0 Å². The summed E-state index contributed by atoms with van der Waals surface area (Å²) < 4.78 is 0. The third-order valence-electron chi connectivity index (χ3n) is 1.81. The molecule has 0 saturated carbocycles. The van der Waals surface area contributed by atoms with Crippen LogP contribution in [0.25, 0.3) is 0 Å². The van der Waals surface area contributed by atoms with Crippen molar-refractivity contribution in [3.8, 4) is 0 Å². The van der Waals surface area contributed by atoms with Crippen molar-refractivity contribution in [3.05, 3.63) is 26.0 Å². The van der Waals surface area contributed by atoms with Gasteiger partial charge in [-0.15, -0.1) is 0 Å². The molecule has 64 valence electrons. The van der Waals surface area contributed by atoms with E-state index in [1.807, 2.05) is 0 Å². The molecule has 0 heteroatoms. The van der Waals surface area contributed by atoms with Gasteiger partial charge in [0.1, 0.15) is 0 Å². The minimum Gasteiger partial charge on any atom is -0.0883 e. The van der Waals surface area contributed by atoms with Gasteiger partial charge in [0.25, 0.3) is 0 Å². The monoisotopic (exact) mass is 152 g/mol.